The van der Waals surface area contributed by atoms with Crippen molar-refractivity contribution < 1.29 is 19.6 Å². The van der Waals surface area contributed by atoms with Crippen molar-refractivity contribution in [3.63, 3.8) is 0 Å². The number of nitro benzene ring substituents is 1. The molecule has 0 aliphatic carbocycles. The van der Waals surface area contributed by atoms with Crippen molar-refractivity contribution in [2.45, 2.75) is 32.2 Å². The Morgan fingerprint density at radius 2 is 2.10 bits per heavy atom. The summed E-state index contributed by atoms with van der Waals surface area (Å²) in [5.74, 6) is -1.31. The summed E-state index contributed by atoms with van der Waals surface area (Å²) in [5, 5.41) is 25.5. The Balaban J connectivity index is 2.47. The van der Waals surface area contributed by atoms with Gasteiger partial charge in [0.2, 0.25) is 5.91 Å². The minimum atomic E-state index is -1.35. The average molecular weight is 293 g/mol. The number of carboxylic acids is 1. The molecule has 0 bridgehead atoms. The number of benzene rings is 1. The third kappa shape index (κ3) is 2.93. The lowest BCUT2D eigenvalue weighted by Gasteiger charge is -2.24. The number of nitro groups is 1. The molecule has 2 rings (SSSR count). The van der Waals surface area contributed by atoms with Crippen molar-refractivity contribution in [2.75, 3.05) is 10.6 Å². The van der Waals surface area contributed by atoms with Crippen LogP contribution in [0.3, 0.4) is 0 Å². The lowest BCUT2D eigenvalue weighted by molar-refractivity contribution is -0.383. The number of carbonyl (C=O) groups is 2. The van der Waals surface area contributed by atoms with Crippen molar-refractivity contribution in [1.29, 1.82) is 0 Å². The molecule has 8 heteroatoms. The van der Waals surface area contributed by atoms with Crippen LogP contribution < -0.4 is 10.6 Å². The number of carboxylic acid groups (broad SMARTS) is 1. The van der Waals surface area contributed by atoms with Gasteiger partial charge in [-0.1, -0.05) is 0 Å². The van der Waals surface area contributed by atoms with E-state index in [0.29, 0.717) is 18.5 Å². The van der Waals surface area contributed by atoms with E-state index in [1.54, 1.807) is 0 Å². The van der Waals surface area contributed by atoms with Crippen LogP contribution in [0.4, 0.5) is 17.1 Å². The molecule has 21 heavy (non-hydrogen) atoms. The van der Waals surface area contributed by atoms with Crippen LogP contribution in [0.5, 0.6) is 0 Å². The predicted molar refractivity (Wildman–Crippen MR) is 75.4 cm³/mol. The highest BCUT2D eigenvalue weighted by Crippen LogP contribution is 2.35. The van der Waals surface area contributed by atoms with Crippen LogP contribution in [-0.4, -0.2) is 27.4 Å². The maximum atomic E-state index is 11.3. The summed E-state index contributed by atoms with van der Waals surface area (Å²) >= 11 is 0. The number of rotatable bonds is 4. The molecule has 1 aliphatic heterocycles. The fourth-order valence-electron chi connectivity index (χ4n) is 2.06. The Kier molecular flexibility index (Phi) is 3.54. The average Bonchev–Trinajstić information content (AvgIpc) is 2.37. The lowest BCUT2D eigenvalue weighted by atomic mass is 9.99. The second kappa shape index (κ2) is 5.04. The van der Waals surface area contributed by atoms with Gasteiger partial charge < -0.3 is 15.7 Å². The number of carbonyl (C=O) groups excluding carboxylic acids is 1. The fourth-order valence-corrected chi connectivity index (χ4v) is 2.06. The van der Waals surface area contributed by atoms with Crippen molar-refractivity contribution in [3.8, 4) is 0 Å². The molecule has 0 saturated carbocycles. The van der Waals surface area contributed by atoms with E-state index in [9.17, 15) is 19.7 Å². The summed E-state index contributed by atoms with van der Waals surface area (Å²) in [6.07, 6.45) is 0.758. The van der Waals surface area contributed by atoms with E-state index in [0.717, 1.165) is 5.56 Å². The number of hydrogen-bond donors (Lipinski definition) is 3. The quantitative estimate of drug-likeness (QED) is 0.574. The number of hydrogen-bond acceptors (Lipinski definition) is 5. The molecule has 8 nitrogen and oxygen atoms in total. The molecule has 1 amide bonds. The number of aryl methyl sites for hydroxylation is 1. The third-order valence-corrected chi connectivity index (χ3v) is 3.30. The zero-order chi connectivity index (χ0) is 15.8. The number of fused-ring (bicyclic) bond motifs is 1. The molecule has 0 unspecified atom stereocenters. The molecule has 0 spiro atoms. The monoisotopic (exact) mass is 293 g/mol. The van der Waals surface area contributed by atoms with Crippen LogP contribution in [0.25, 0.3) is 0 Å². The summed E-state index contributed by atoms with van der Waals surface area (Å²) in [7, 11) is 0. The van der Waals surface area contributed by atoms with Crippen LogP contribution in [0.1, 0.15) is 25.8 Å². The summed E-state index contributed by atoms with van der Waals surface area (Å²) in [5.41, 5.74) is -0.357. The summed E-state index contributed by atoms with van der Waals surface area (Å²) in [6, 6.07) is 2.78. The molecule has 1 heterocycles. The molecular formula is C13H15N3O5. The van der Waals surface area contributed by atoms with Crippen molar-refractivity contribution in [2.24, 2.45) is 0 Å². The highest BCUT2D eigenvalue weighted by Gasteiger charge is 2.31. The topological polar surface area (TPSA) is 122 Å². The van der Waals surface area contributed by atoms with Gasteiger partial charge in [-0.3, -0.25) is 14.9 Å². The number of nitrogens with one attached hydrogen (secondary N) is 2. The van der Waals surface area contributed by atoms with Gasteiger partial charge in [-0.05, 0) is 31.9 Å². The van der Waals surface area contributed by atoms with Crippen LogP contribution in [0.15, 0.2) is 12.1 Å². The minimum Gasteiger partial charge on any atom is -0.480 e. The molecule has 0 aromatic heterocycles. The van der Waals surface area contributed by atoms with Gasteiger partial charge in [-0.25, -0.2) is 4.79 Å². The number of nitrogens with zero attached hydrogens (tertiary/aromatic N) is 1. The first-order chi connectivity index (χ1) is 9.70. The molecular weight excluding hydrogens is 278 g/mol. The molecule has 0 atom stereocenters. The van der Waals surface area contributed by atoms with Crippen molar-refractivity contribution in [1.82, 2.24) is 0 Å². The van der Waals surface area contributed by atoms with E-state index in [1.165, 1.54) is 26.0 Å². The smallest absolute Gasteiger partial charge is 0.328 e. The Hall–Kier alpha value is -2.64. The van der Waals surface area contributed by atoms with Crippen molar-refractivity contribution >= 4 is 28.9 Å². The van der Waals surface area contributed by atoms with E-state index in [1.807, 2.05) is 0 Å². The van der Waals surface area contributed by atoms with Gasteiger partial charge in [-0.15, -0.1) is 0 Å². The van der Waals surface area contributed by atoms with Gasteiger partial charge in [0.25, 0.3) is 5.69 Å². The fraction of sp³-hybridized carbons (Fsp3) is 0.385. The molecule has 0 saturated heterocycles. The summed E-state index contributed by atoms with van der Waals surface area (Å²) in [6.45, 7) is 2.83. The van der Waals surface area contributed by atoms with Crippen LogP contribution in [-0.2, 0) is 16.0 Å². The second-order valence-electron chi connectivity index (χ2n) is 5.39. The standard InChI is InChI=1S/C13H15N3O5/c1-13(2,12(18)19)15-9-5-7-3-4-11(17)14-8(7)6-10(9)16(20)21/h5-6,15H,3-4H2,1-2H3,(H,14,17)(H,18,19). The summed E-state index contributed by atoms with van der Waals surface area (Å²) < 4.78 is 0. The molecule has 3 N–H and O–H groups in total. The Labute approximate surface area is 120 Å². The van der Waals surface area contributed by atoms with Crippen LogP contribution in [0, 0.1) is 10.1 Å². The number of anilines is 2. The molecule has 1 aliphatic rings. The Morgan fingerprint density at radius 1 is 1.43 bits per heavy atom. The molecule has 1 aromatic rings. The predicted octanol–water partition coefficient (Wildman–Crippen LogP) is 1.75. The first kappa shape index (κ1) is 14.8. The van der Waals surface area contributed by atoms with E-state index in [-0.39, 0.29) is 17.3 Å². The highest BCUT2D eigenvalue weighted by molar-refractivity contribution is 5.95. The maximum Gasteiger partial charge on any atom is 0.328 e. The molecule has 0 fully saturated rings. The van der Waals surface area contributed by atoms with E-state index in [2.05, 4.69) is 10.6 Å². The van der Waals surface area contributed by atoms with E-state index in [4.69, 9.17) is 5.11 Å². The van der Waals surface area contributed by atoms with Crippen LogP contribution in [0.2, 0.25) is 0 Å². The largest absolute Gasteiger partial charge is 0.480 e. The summed E-state index contributed by atoms with van der Waals surface area (Å²) in [4.78, 5) is 33.0. The second-order valence-corrected chi connectivity index (χ2v) is 5.39. The van der Waals surface area contributed by atoms with Crippen LogP contribution >= 0.6 is 0 Å². The zero-order valence-corrected chi connectivity index (χ0v) is 11.6. The Morgan fingerprint density at radius 3 is 2.67 bits per heavy atom. The lowest BCUT2D eigenvalue weighted by Crippen LogP contribution is -2.40. The highest BCUT2D eigenvalue weighted by atomic mass is 16.6. The van der Waals surface area contributed by atoms with Crippen molar-refractivity contribution in [3.05, 3.63) is 27.8 Å². The minimum absolute atomic E-state index is 0.127. The Bertz CT molecular complexity index is 639. The SMILES string of the molecule is CC(C)(Nc1cc2c(cc1[N+](=O)[O-])NC(=O)CC2)C(=O)O. The van der Waals surface area contributed by atoms with Gasteiger partial charge in [0, 0.05) is 12.5 Å². The normalized spacial score (nSPS) is 14.1. The first-order valence-electron chi connectivity index (χ1n) is 6.33. The van der Waals surface area contributed by atoms with E-state index >= 15 is 0 Å². The third-order valence-electron chi connectivity index (χ3n) is 3.30. The van der Waals surface area contributed by atoms with Gasteiger partial charge in [-0.2, -0.15) is 0 Å². The first-order valence-corrected chi connectivity index (χ1v) is 6.33. The van der Waals surface area contributed by atoms with Gasteiger partial charge in [0.05, 0.1) is 10.6 Å². The van der Waals surface area contributed by atoms with E-state index < -0.39 is 16.4 Å². The molecule has 1 aromatic carbocycles. The molecule has 0 radical (unpaired) electrons. The number of aliphatic carboxylic acids is 1. The maximum absolute atomic E-state index is 11.3. The van der Waals surface area contributed by atoms with Gasteiger partial charge >= 0.3 is 5.97 Å². The number of amides is 1. The molecule has 112 valence electrons. The van der Waals surface area contributed by atoms with Gasteiger partial charge in [0.1, 0.15) is 11.2 Å². The van der Waals surface area contributed by atoms with Gasteiger partial charge in [0.15, 0.2) is 0 Å². The zero-order valence-electron chi connectivity index (χ0n) is 11.6.